The van der Waals surface area contributed by atoms with Gasteiger partial charge in [-0.2, -0.15) is 0 Å². The lowest BCUT2D eigenvalue weighted by molar-refractivity contribution is -0.124. The molecule has 1 aromatic carbocycles. The number of carbonyl (C=O) groups is 3. The van der Waals surface area contributed by atoms with Crippen molar-refractivity contribution in [3.8, 4) is 11.5 Å². The van der Waals surface area contributed by atoms with Crippen molar-refractivity contribution in [3.63, 3.8) is 0 Å². The Morgan fingerprint density at radius 1 is 1.33 bits per heavy atom. The highest BCUT2D eigenvalue weighted by Gasteiger charge is 2.35. The van der Waals surface area contributed by atoms with E-state index in [1.165, 1.54) is 0 Å². The lowest BCUT2D eigenvalue weighted by atomic mass is 10.2. The Balaban J connectivity index is 1.65. The number of nitrogens with one attached hydrogen (secondary N) is 1. The largest absolute Gasteiger partial charge is 0.493 e. The summed E-state index contributed by atoms with van der Waals surface area (Å²) in [6.07, 6.45) is 3.50. The molecule has 27 heavy (non-hydrogen) atoms. The molecule has 144 valence electrons. The van der Waals surface area contributed by atoms with E-state index < -0.39 is 0 Å². The minimum atomic E-state index is -0.349. The minimum Gasteiger partial charge on any atom is -0.493 e. The Bertz CT molecular complexity index is 788. The number of ether oxygens (including phenoxy) is 2. The van der Waals surface area contributed by atoms with Gasteiger partial charge < -0.3 is 14.8 Å². The molecule has 3 amide bonds. The van der Waals surface area contributed by atoms with Gasteiger partial charge in [-0.15, -0.1) is 0 Å². The minimum absolute atomic E-state index is 0.000929. The van der Waals surface area contributed by atoms with Crippen molar-refractivity contribution in [2.75, 3.05) is 26.8 Å². The van der Waals surface area contributed by atoms with Crippen LogP contribution in [0.15, 0.2) is 23.1 Å². The van der Waals surface area contributed by atoms with Gasteiger partial charge >= 0.3 is 0 Å². The third-order valence-electron chi connectivity index (χ3n) is 4.24. The number of thioether (sulfide) groups is 1. The fourth-order valence-electron chi connectivity index (χ4n) is 2.67. The highest BCUT2D eigenvalue weighted by molar-refractivity contribution is 8.18. The summed E-state index contributed by atoms with van der Waals surface area (Å²) in [6.45, 7) is 2.85. The summed E-state index contributed by atoms with van der Waals surface area (Å²) in [4.78, 5) is 37.8. The highest BCUT2D eigenvalue weighted by atomic mass is 32.2. The predicted molar refractivity (Wildman–Crippen MR) is 103 cm³/mol. The number of rotatable bonds is 8. The first kappa shape index (κ1) is 19.3. The van der Waals surface area contributed by atoms with E-state index in [9.17, 15) is 14.4 Å². The quantitative estimate of drug-likeness (QED) is 0.687. The van der Waals surface area contributed by atoms with E-state index in [1.54, 1.807) is 31.4 Å². The molecular formula is C19H22N2O5S. The second-order valence-corrected chi connectivity index (χ2v) is 7.24. The summed E-state index contributed by atoms with van der Waals surface area (Å²) in [5, 5.41) is 2.44. The molecule has 1 N–H and O–H groups in total. The summed E-state index contributed by atoms with van der Waals surface area (Å²) < 4.78 is 10.8. The fourth-order valence-corrected chi connectivity index (χ4v) is 3.54. The summed E-state index contributed by atoms with van der Waals surface area (Å²) in [7, 11) is 1.55. The summed E-state index contributed by atoms with van der Waals surface area (Å²) >= 11 is 0.896. The van der Waals surface area contributed by atoms with Crippen LogP contribution in [-0.4, -0.2) is 48.8 Å². The van der Waals surface area contributed by atoms with Crippen LogP contribution in [-0.2, 0) is 9.59 Å². The maximum Gasteiger partial charge on any atom is 0.293 e. The third kappa shape index (κ3) is 4.63. The Morgan fingerprint density at radius 2 is 2.11 bits per heavy atom. The van der Waals surface area contributed by atoms with Crippen LogP contribution in [0.5, 0.6) is 11.5 Å². The average molecular weight is 390 g/mol. The van der Waals surface area contributed by atoms with Crippen molar-refractivity contribution in [2.45, 2.75) is 19.8 Å². The zero-order chi connectivity index (χ0) is 19.4. The van der Waals surface area contributed by atoms with E-state index in [0.29, 0.717) is 23.0 Å². The molecule has 0 bridgehead atoms. The molecule has 2 aliphatic rings. The van der Waals surface area contributed by atoms with Gasteiger partial charge in [0.05, 0.1) is 18.6 Å². The normalized spacial score (nSPS) is 18.1. The molecule has 0 spiro atoms. The molecule has 2 fully saturated rings. The van der Waals surface area contributed by atoms with Crippen molar-refractivity contribution >= 4 is 34.9 Å². The molecule has 0 aromatic heterocycles. The Hall–Kier alpha value is -2.48. The van der Waals surface area contributed by atoms with E-state index >= 15 is 0 Å². The van der Waals surface area contributed by atoms with E-state index in [-0.39, 0.29) is 36.1 Å². The molecule has 1 heterocycles. The zero-order valence-electron chi connectivity index (χ0n) is 15.3. The topological polar surface area (TPSA) is 84.9 Å². The molecule has 1 saturated carbocycles. The summed E-state index contributed by atoms with van der Waals surface area (Å²) in [5.74, 6) is 0.941. The maximum atomic E-state index is 12.5. The van der Waals surface area contributed by atoms with E-state index in [4.69, 9.17) is 9.47 Å². The molecule has 7 nitrogen and oxygen atoms in total. The van der Waals surface area contributed by atoms with Crippen LogP contribution < -0.4 is 14.8 Å². The van der Waals surface area contributed by atoms with Crippen molar-refractivity contribution < 1.29 is 23.9 Å². The molecule has 1 saturated heterocycles. The molecule has 0 atom stereocenters. The molecular weight excluding hydrogens is 368 g/mol. The van der Waals surface area contributed by atoms with Crippen LogP contribution in [0, 0.1) is 5.92 Å². The van der Waals surface area contributed by atoms with Gasteiger partial charge in [-0.05, 0) is 55.3 Å². The lowest BCUT2D eigenvalue weighted by Crippen LogP contribution is -2.37. The van der Waals surface area contributed by atoms with Gasteiger partial charge in [0.1, 0.15) is 0 Å². The van der Waals surface area contributed by atoms with E-state index in [0.717, 1.165) is 35.1 Å². The van der Waals surface area contributed by atoms with Gasteiger partial charge in [0, 0.05) is 19.0 Å². The smallest absolute Gasteiger partial charge is 0.293 e. The monoisotopic (exact) mass is 390 g/mol. The Morgan fingerprint density at radius 3 is 2.78 bits per heavy atom. The van der Waals surface area contributed by atoms with Crippen LogP contribution in [0.3, 0.4) is 0 Å². The number of hydrogen-bond donors (Lipinski definition) is 1. The molecule has 8 heteroatoms. The molecule has 0 radical (unpaired) electrons. The number of amides is 3. The molecule has 1 aliphatic heterocycles. The van der Waals surface area contributed by atoms with E-state index in [2.05, 4.69) is 5.32 Å². The van der Waals surface area contributed by atoms with Crippen molar-refractivity contribution in [1.82, 2.24) is 10.2 Å². The first-order chi connectivity index (χ1) is 13.0. The number of benzene rings is 1. The fraction of sp³-hybridized carbons (Fsp3) is 0.421. The van der Waals surface area contributed by atoms with Crippen LogP contribution in [0.25, 0.3) is 6.08 Å². The number of hydrogen-bond acceptors (Lipinski definition) is 6. The zero-order valence-corrected chi connectivity index (χ0v) is 16.1. The van der Waals surface area contributed by atoms with Gasteiger partial charge in [0.2, 0.25) is 5.91 Å². The van der Waals surface area contributed by atoms with Crippen molar-refractivity contribution in [2.24, 2.45) is 5.92 Å². The maximum absolute atomic E-state index is 12.5. The van der Waals surface area contributed by atoms with Crippen molar-refractivity contribution in [3.05, 3.63) is 28.7 Å². The summed E-state index contributed by atoms with van der Waals surface area (Å²) in [5.41, 5.74) is 0.739. The van der Waals surface area contributed by atoms with Gasteiger partial charge in [-0.25, -0.2) is 0 Å². The second kappa shape index (κ2) is 8.47. The van der Waals surface area contributed by atoms with Gasteiger partial charge in [-0.3, -0.25) is 19.3 Å². The molecule has 1 aromatic rings. The van der Waals surface area contributed by atoms with Gasteiger partial charge in [-0.1, -0.05) is 6.07 Å². The van der Waals surface area contributed by atoms with Gasteiger partial charge in [0.25, 0.3) is 11.1 Å². The Kier molecular flexibility index (Phi) is 6.05. The number of nitrogens with zero attached hydrogens (tertiary/aromatic N) is 1. The van der Waals surface area contributed by atoms with Crippen molar-refractivity contribution in [1.29, 1.82) is 0 Å². The lowest BCUT2D eigenvalue weighted by Gasteiger charge is -2.12. The third-order valence-corrected chi connectivity index (χ3v) is 5.15. The second-order valence-electron chi connectivity index (χ2n) is 6.24. The number of imide groups is 1. The Labute approximate surface area is 162 Å². The number of methoxy groups -OCH3 is 1. The predicted octanol–water partition coefficient (Wildman–Crippen LogP) is 2.66. The molecule has 3 rings (SSSR count). The van der Waals surface area contributed by atoms with E-state index in [1.807, 2.05) is 6.92 Å². The first-order valence-electron chi connectivity index (χ1n) is 8.87. The SMILES string of the molecule is CCOc1ccc(/C=C2\SC(=O)N(CCNC(=O)C3CC3)C2=O)cc1OC. The highest BCUT2D eigenvalue weighted by Crippen LogP contribution is 2.34. The van der Waals surface area contributed by atoms with Crippen LogP contribution >= 0.6 is 11.8 Å². The van der Waals surface area contributed by atoms with Crippen LogP contribution in [0.2, 0.25) is 0 Å². The van der Waals surface area contributed by atoms with Crippen LogP contribution in [0.1, 0.15) is 25.3 Å². The standard InChI is InChI=1S/C19H22N2O5S/c1-3-26-14-7-4-12(10-15(14)25-2)11-16-18(23)21(19(24)27-16)9-8-20-17(22)13-5-6-13/h4,7,10-11,13H,3,5-6,8-9H2,1-2H3,(H,20,22)/b16-11-. The van der Waals surface area contributed by atoms with Gasteiger partial charge in [0.15, 0.2) is 11.5 Å². The number of carbonyl (C=O) groups excluding carboxylic acids is 3. The first-order valence-corrected chi connectivity index (χ1v) is 9.69. The molecule has 0 unspecified atom stereocenters. The van der Waals surface area contributed by atoms with Crippen LogP contribution in [0.4, 0.5) is 4.79 Å². The molecule has 1 aliphatic carbocycles. The summed E-state index contributed by atoms with van der Waals surface area (Å²) in [6, 6.07) is 5.33. The average Bonchev–Trinajstić information content (AvgIpc) is 3.47.